The molecule has 4 aromatic rings. The number of para-hydroxylation sites is 1. The Morgan fingerprint density at radius 3 is 2.51 bits per heavy atom. The average Bonchev–Trinajstić information content (AvgIpc) is 3.22. The molecular formula is C28H30N4O3. The fourth-order valence-electron chi connectivity index (χ4n) is 4.36. The molecule has 0 aliphatic carbocycles. The number of carbonyl (C=O) groups is 2. The number of aromatic carboxylic acids is 1. The molecule has 4 rings (SSSR count). The maximum atomic E-state index is 12.2. The number of aromatic nitrogens is 2. The normalized spacial score (nSPS) is 10.9. The number of benzene rings is 3. The van der Waals surface area contributed by atoms with Gasteiger partial charge in [-0.1, -0.05) is 43.7 Å². The van der Waals surface area contributed by atoms with Gasteiger partial charge in [0.1, 0.15) is 11.3 Å². The van der Waals surface area contributed by atoms with E-state index in [0.717, 1.165) is 52.9 Å². The number of anilines is 1. The standard InChI is InChI=1S/C28H30N4O3/c1-4-6-14-25-31-26-23(30-28(35)29-5-2)12-9-13-24(26)32(25)19-15-16-20(18(3)17-19)21-10-7-8-11-22(21)27(33)34/h7-13,15-17H,4-6,14H2,1-3H3,(H,33,34)(H2,29,30,35). The van der Waals surface area contributed by atoms with Gasteiger partial charge in [-0.15, -0.1) is 0 Å². The summed E-state index contributed by atoms with van der Waals surface area (Å²) in [5.74, 6) is -0.0243. The monoisotopic (exact) mass is 470 g/mol. The molecule has 35 heavy (non-hydrogen) atoms. The number of carboxylic acids is 1. The Morgan fingerprint density at radius 2 is 1.80 bits per heavy atom. The van der Waals surface area contributed by atoms with Crippen LogP contribution >= 0.6 is 0 Å². The number of hydrogen-bond acceptors (Lipinski definition) is 3. The minimum atomic E-state index is -0.946. The minimum absolute atomic E-state index is 0.262. The van der Waals surface area contributed by atoms with Gasteiger partial charge < -0.3 is 15.7 Å². The number of imidazole rings is 1. The SMILES string of the molecule is CCCCc1nc2c(NC(=O)NCC)cccc2n1-c1ccc(-c2ccccc2C(=O)O)c(C)c1. The number of carbonyl (C=O) groups excluding carboxylic acids is 1. The molecule has 7 heteroatoms. The van der Waals surface area contributed by atoms with E-state index in [-0.39, 0.29) is 11.6 Å². The summed E-state index contributed by atoms with van der Waals surface area (Å²) in [5, 5.41) is 15.3. The van der Waals surface area contributed by atoms with Crippen LogP contribution in [-0.2, 0) is 6.42 Å². The molecule has 0 spiro atoms. The third-order valence-corrected chi connectivity index (χ3v) is 6.01. The summed E-state index contributed by atoms with van der Waals surface area (Å²) < 4.78 is 2.13. The molecule has 180 valence electrons. The van der Waals surface area contributed by atoms with Crippen molar-refractivity contribution in [3.8, 4) is 16.8 Å². The van der Waals surface area contributed by atoms with Crippen molar-refractivity contribution in [2.45, 2.75) is 40.0 Å². The second-order valence-electron chi connectivity index (χ2n) is 8.47. The van der Waals surface area contributed by atoms with Gasteiger partial charge in [-0.25, -0.2) is 14.6 Å². The van der Waals surface area contributed by atoms with E-state index in [1.807, 2.05) is 56.3 Å². The molecule has 1 heterocycles. The van der Waals surface area contributed by atoms with Gasteiger partial charge in [-0.2, -0.15) is 0 Å². The number of unbranched alkanes of at least 4 members (excludes halogenated alkanes) is 1. The summed E-state index contributed by atoms with van der Waals surface area (Å²) in [6, 6.07) is 18.6. The van der Waals surface area contributed by atoms with Crippen molar-refractivity contribution in [2.75, 3.05) is 11.9 Å². The molecule has 0 atom stereocenters. The van der Waals surface area contributed by atoms with Crippen LogP contribution < -0.4 is 10.6 Å². The lowest BCUT2D eigenvalue weighted by Gasteiger charge is -2.14. The van der Waals surface area contributed by atoms with Gasteiger partial charge in [0.05, 0.1) is 16.8 Å². The van der Waals surface area contributed by atoms with Crippen LogP contribution in [0.15, 0.2) is 60.7 Å². The highest BCUT2D eigenvalue weighted by Crippen LogP contribution is 2.32. The molecule has 0 bridgehead atoms. The smallest absolute Gasteiger partial charge is 0.336 e. The first kappa shape index (κ1) is 24.0. The highest BCUT2D eigenvalue weighted by Gasteiger charge is 2.18. The van der Waals surface area contributed by atoms with Crippen LogP contribution in [-0.4, -0.2) is 33.2 Å². The van der Waals surface area contributed by atoms with Crippen molar-refractivity contribution in [2.24, 2.45) is 0 Å². The van der Waals surface area contributed by atoms with Gasteiger partial charge >= 0.3 is 12.0 Å². The number of aryl methyl sites for hydroxylation is 2. The number of amides is 2. The number of nitrogens with one attached hydrogen (secondary N) is 2. The Kier molecular flexibility index (Phi) is 7.15. The van der Waals surface area contributed by atoms with Crippen LogP contribution in [0, 0.1) is 6.92 Å². The van der Waals surface area contributed by atoms with Crippen LogP contribution in [0.4, 0.5) is 10.5 Å². The summed E-state index contributed by atoms with van der Waals surface area (Å²) >= 11 is 0. The Balaban J connectivity index is 1.84. The van der Waals surface area contributed by atoms with E-state index in [1.165, 1.54) is 0 Å². The maximum Gasteiger partial charge on any atom is 0.336 e. The summed E-state index contributed by atoms with van der Waals surface area (Å²) in [4.78, 5) is 28.9. The third-order valence-electron chi connectivity index (χ3n) is 6.01. The van der Waals surface area contributed by atoms with E-state index >= 15 is 0 Å². The topological polar surface area (TPSA) is 96.3 Å². The van der Waals surface area contributed by atoms with E-state index < -0.39 is 5.97 Å². The van der Waals surface area contributed by atoms with Crippen LogP contribution in [0.3, 0.4) is 0 Å². The van der Waals surface area contributed by atoms with Crippen LogP contribution in [0.5, 0.6) is 0 Å². The summed E-state index contributed by atoms with van der Waals surface area (Å²) in [6.45, 7) is 6.55. The number of rotatable bonds is 8. The molecule has 0 fully saturated rings. The molecule has 7 nitrogen and oxygen atoms in total. The predicted octanol–water partition coefficient (Wildman–Crippen LogP) is 6.18. The van der Waals surface area contributed by atoms with Gasteiger partial charge in [0.25, 0.3) is 0 Å². The Morgan fingerprint density at radius 1 is 1.00 bits per heavy atom. The second kappa shape index (κ2) is 10.4. The zero-order valence-corrected chi connectivity index (χ0v) is 20.3. The molecule has 0 radical (unpaired) electrons. The van der Waals surface area contributed by atoms with E-state index in [9.17, 15) is 14.7 Å². The van der Waals surface area contributed by atoms with Gasteiger partial charge in [-0.3, -0.25) is 4.57 Å². The van der Waals surface area contributed by atoms with E-state index in [2.05, 4.69) is 28.2 Å². The average molecular weight is 471 g/mol. The quantitative estimate of drug-likeness (QED) is 0.286. The number of hydrogen-bond donors (Lipinski definition) is 3. The van der Waals surface area contributed by atoms with E-state index in [0.29, 0.717) is 17.8 Å². The predicted molar refractivity (Wildman–Crippen MR) is 140 cm³/mol. The van der Waals surface area contributed by atoms with Crippen molar-refractivity contribution in [1.82, 2.24) is 14.9 Å². The van der Waals surface area contributed by atoms with Gasteiger partial charge in [0.15, 0.2) is 0 Å². The molecule has 1 aromatic heterocycles. The fourth-order valence-corrected chi connectivity index (χ4v) is 4.36. The third kappa shape index (κ3) is 4.89. The fraction of sp³-hybridized carbons (Fsp3) is 0.250. The maximum absolute atomic E-state index is 12.2. The first-order valence-corrected chi connectivity index (χ1v) is 11.9. The largest absolute Gasteiger partial charge is 0.478 e. The molecule has 0 saturated carbocycles. The van der Waals surface area contributed by atoms with E-state index in [4.69, 9.17) is 4.98 Å². The van der Waals surface area contributed by atoms with Crippen molar-refractivity contribution in [1.29, 1.82) is 0 Å². The lowest BCUT2D eigenvalue weighted by Crippen LogP contribution is -2.28. The number of carboxylic acid groups (broad SMARTS) is 1. The molecule has 2 amide bonds. The van der Waals surface area contributed by atoms with Crippen LogP contribution in [0.1, 0.15) is 48.4 Å². The minimum Gasteiger partial charge on any atom is -0.478 e. The highest BCUT2D eigenvalue weighted by atomic mass is 16.4. The molecule has 3 aromatic carbocycles. The molecule has 0 unspecified atom stereocenters. The molecule has 3 N–H and O–H groups in total. The lowest BCUT2D eigenvalue weighted by atomic mass is 9.95. The molecule has 0 saturated heterocycles. The van der Waals surface area contributed by atoms with Gasteiger partial charge in [-0.05, 0) is 67.3 Å². The number of fused-ring (bicyclic) bond motifs is 1. The molecule has 0 aliphatic rings. The summed E-state index contributed by atoms with van der Waals surface area (Å²) in [6.07, 6.45) is 2.83. The first-order chi connectivity index (χ1) is 16.9. The van der Waals surface area contributed by atoms with Crippen molar-refractivity contribution < 1.29 is 14.7 Å². The molecule has 0 aliphatic heterocycles. The zero-order chi connectivity index (χ0) is 24.9. The lowest BCUT2D eigenvalue weighted by molar-refractivity contribution is 0.0697. The summed E-state index contributed by atoms with van der Waals surface area (Å²) in [7, 11) is 0. The van der Waals surface area contributed by atoms with Crippen molar-refractivity contribution >= 4 is 28.7 Å². The Labute approximate surface area is 204 Å². The Hall–Kier alpha value is -4.13. The summed E-state index contributed by atoms with van der Waals surface area (Å²) in [5.41, 5.74) is 6.07. The highest BCUT2D eigenvalue weighted by molar-refractivity contribution is 6.00. The van der Waals surface area contributed by atoms with Crippen molar-refractivity contribution in [3.63, 3.8) is 0 Å². The van der Waals surface area contributed by atoms with Crippen LogP contribution in [0.25, 0.3) is 27.8 Å². The van der Waals surface area contributed by atoms with Gasteiger partial charge in [0.2, 0.25) is 0 Å². The zero-order valence-electron chi connectivity index (χ0n) is 20.3. The number of urea groups is 1. The van der Waals surface area contributed by atoms with Gasteiger partial charge in [0, 0.05) is 18.7 Å². The van der Waals surface area contributed by atoms with Crippen molar-refractivity contribution in [3.05, 3.63) is 77.6 Å². The number of nitrogens with zero attached hydrogens (tertiary/aromatic N) is 2. The van der Waals surface area contributed by atoms with Crippen LogP contribution in [0.2, 0.25) is 0 Å². The Bertz CT molecular complexity index is 1390. The van der Waals surface area contributed by atoms with E-state index in [1.54, 1.807) is 12.1 Å². The second-order valence-corrected chi connectivity index (χ2v) is 8.47. The first-order valence-electron chi connectivity index (χ1n) is 11.9. The molecular weight excluding hydrogens is 440 g/mol.